The van der Waals surface area contributed by atoms with Crippen molar-refractivity contribution >= 4 is 45.5 Å². The number of urea groups is 1. The zero-order valence-corrected chi connectivity index (χ0v) is 14.9. The second kappa shape index (κ2) is 7.48. The molecule has 4 nitrogen and oxygen atoms in total. The number of anilines is 1. The predicted molar refractivity (Wildman–Crippen MR) is 95.2 cm³/mol. The SMILES string of the molecule is Cc1csc(SCC2CCN(C(=O)Nc3cccs3)CC2)n1. The maximum atomic E-state index is 12.2. The smallest absolute Gasteiger partial charge is 0.322 e. The molecular formula is C15H19N3OS3. The number of aromatic nitrogens is 1. The molecule has 0 saturated carbocycles. The van der Waals surface area contributed by atoms with Crippen molar-refractivity contribution in [2.45, 2.75) is 24.1 Å². The minimum atomic E-state index is 0.0316. The van der Waals surface area contributed by atoms with Gasteiger partial charge in [0, 0.05) is 29.9 Å². The van der Waals surface area contributed by atoms with Gasteiger partial charge < -0.3 is 4.90 Å². The monoisotopic (exact) mass is 353 g/mol. The molecule has 1 aliphatic rings. The average Bonchev–Trinajstić information content (AvgIpc) is 3.17. The van der Waals surface area contributed by atoms with Gasteiger partial charge in [0.1, 0.15) is 4.34 Å². The van der Waals surface area contributed by atoms with Gasteiger partial charge in [-0.1, -0.05) is 11.8 Å². The molecule has 118 valence electrons. The lowest BCUT2D eigenvalue weighted by Crippen LogP contribution is -2.41. The first-order valence-corrected chi connectivity index (χ1v) is 10.1. The van der Waals surface area contributed by atoms with Gasteiger partial charge in [0.25, 0.3) is 0 Å². The van der Waals surface area contributed by atoms with Gasteiger partial charge in [-0.25, -0.2) is 9.78 Å². The number of piperidine rings is 1. The van der Waals surface area contributed by atoms with E-state index in [1.54, 1.807) is 22.7 Å². The van der Waals surface area contributed by atoms with Crippen molar-refractivity contribution in [2.24, 2.45) is 5.92 Å². The minimum absolute atomic E-state index is 0.0316. The van der Waals surface area contributed by atoms with Crippen LogP contribution in [0.3, 0.4) is 0 Å². The van der Waals surface area contributed by atoms with E-state index in [0.717, 1.165) is 46.7 Å². The molecule has 2 aromatic rings. The topological polar surface area (TPSA) is 45.2 Å². The first kappa shape index (κ1) is 15.8. The number of hydrogen-bond acceptors (Lipinski definition) is 5. The number of thiazole rings is 1. The molecule has 2 amide bonds. The molecule has 3 rings (SSSR count). The van der Waals surface area contributed by atoms with Crippen molar-refractivity contribution in [3.05, 3.63) is 28.6 Å². The van der Waals surface area contributed by atoms with Gasteiger partial charge in [-0.2, -0.15) is 0 Å². The number of rotatable bonds is 4. The summed E-state index contributed by atoms with van der Waals surface area (Å²) in [6.45, 7) is 3.73. The van der Waals surface area contributed by atoms with Crippen molar-refractivity contribution < 1.29 is 4.79 Å². The molecule has 0 unspecified atom stereocenters. The largest absolute Gasteiger partial charge is 0.324 e. The summed E-state index contributed by atoms with van der Waals surface area (Å²) in [4.78, 5) is 18.6. The summed E-state index contributed by atoms with van der Waals surface area (Å²) in [6.07, 6.45) is 2.16. The van der Waals surface area contributed by atoms with Gasteiger partial charge >= 0.3 is 6.03 Å². The number of aryl methyl sites for hydroxylation is 1. The summed E-state index contributed by atoms with van der Waals surface area (Å²) in [5.74, 6) is 1.79. The minimum Gasteiger partial charge on any atom is -0.324 e. The highest BCUT2D eigenvalue weighted by Crippen LogP contribution is 2.28. The molecule has 22 heavy (non-hydrogen) atoms. The van der Waals surface area contributed by atoms with Crippen molar-refractivity contribution in [1.82, 2.24) is 9.88 Å². The lowest BCUT2D eigenvalue weighted by Gasteiger charge is -2.31. The van der Waals surface area contributed by atoms with E-state index >= 15 is 0 Å². The summed E-state index contributed by atoms with van der Waals surface area (Å²) in [6, 6.07) is 3.91. The van der Waals surface area contributed by atoms with E-state index in [1.165, 1.54) is 0 Å². The van der Waals surface area contributed by atoms with Crippen LogP contribution in [0.4, 0.5) is 9.80 Å². The molecule has 0 aliphatic carbocycles. The van der Waals surface area contributed by atoms with Crippen LogP contribution in [0.2, 0.25) is 0 Å². The van der Waals surface area contributed by atoms with E-state index in [-0.39, 0.29) is 6.03 Å². The van der Waals surface area contributed by atoms with Gasteiger partial charge in [-0.3, -0.25) is 5.32 Å². The summed E-state index contributed by atoms with van der Waals surface area (Å²) < 4.78 is 1.16. The third-order valence-corrected chi connectivity index (χ3v) is 6.85. The van der Waals surface area contributed by atoms with Crippen LogP contribution in [-0.4, -0.2) is 34.8 Å². The highest BCUT2D eigenvalue weighted by atomic mass is 32.2. The standard InChI is InChI=1S/C15H19N3OS3/c1-11-9-21-15(16-11)22-10-12-4-6-18(7-5-12)14(19)17-13-3-2-8-20-13/h2-3,8-9,12H,4-7,10H2,1H3,(H,17,19). The third-order valence-electron chi connectivity index (χ3n) is 3.69. The Hall–Kier alpha value is -1.05. The van der Waals surface area contributed by atoms with Crippen LogP contribution in [0, 0.1) is 12.8 Å². The number of thiophene rings is 1. The molecule has 1 aliphatic heterocycles. The van der Waals surface area contributed by atoms with E-state index in [1.807, 2.05) is 41.1 Å². The number of carbonyl (C=O) groups is 1. The second-order valence-electron chi connectivity index (χ2n) is 5.40. The molecule has 0 bridgehead atoms. The first-order chi connectivity index (χ1) is 10.7. The molecule has 1 saturated heterocycles. The van der Waals surface area contributed by atoms with Crippen molar-refractivity contribution in [1.29, 1.82) is 0 Å². The molecule has 0 radical (unpaired) electrons. The van der Waals surface area contributed by atoms with Gasteiger partial charge in [-0.05, 0) is 43.2 Å². The summed E-state index contributed by atoms with van der Waals surface area (Å²) in [7, 11) is 0. The molecule has 3 heterocycles. The normalized spacial score (nSPS) is 16.0. The maximum Gasteiger partial charge on any atom is 0.322 e. The van der Waals surface area contributed by atoms with Crippen LogP contribution in [0.1, 0.15) is 18.5 Å². The van der Waals surface area contributed by atoms with E-state index in [9.17, 15) is 4.79 Å². The zero-order valence-electron chi connectivity index (χ0n) is 12.4. The van der Waals surface area contributed by atoms with Crippen LogP contribution >= 0.6 is 34.4 Å². The number of hydrogen-bond donors (Lipinski definition) is 1. The van der Waals surface area contributed by atoms with Crippen molar-refractivity contribution in [3.63, 3.8) is 0 Å². The molecule has 0 aromatic carbocycles. The van der Waals surface area contributed by atoms with Crippen LogP contribution < -0.4 is 5.32 Å². The second-order valence-corrected chi connectivity index (χ2v) is 8.48. The summed E-state index contributed by atoms with van der Waals surface area (Å²) in [5.41, 5.74) is 1.10. The third kappa shape index (κ3) is 4.24. The highest BCUT2D eigenvalue weighted by Gasteiger charge is 2.23. The molecule has 0 atom stereocenters. The molecule has 0 spiro atoms. The van der Waals surface area contributed by atoms with Crippen LogP contribution in [0.5, 0.6) is 0 Å². The van der Waals surface area contributed by atoms with Crippen LogP contribution in [-0.2, 0) is 0 Å². The van der Waals surface area contributed by atoms with Gasteiger partial charge in [0.2, 0.25) is 0 Å². The van der Waals surface area contributed by atoms with Crippen LogP contribution in [0.15, 0.2) is 27.2 Å². The fourth-order valence-electron chi connectivity index (χ4n) is 2.42. The highest BCUT2D eigenvalue weighted by molar-refractivity contribution is 8.01. The first-order valence-electron chi connectivity index (χ1n) is 7.35. The van der Waals surface area contributed by atoms with Crippen molar-refractivity contribution in [2.75, 3.05) is 24.2 Å². The fourth-order valence-corrected chi connectivity index (χ4v) is 5.09. The summed E-state index contributed by atoms with van der Waals surface area (Å²) in [5, 5.41) is 7.95. The summed E-state index contributed by atoms with van der Waals surface area (Å²) >= 11 is 5.13. The number of amides is 2. The number of likely N-dealkylation sites (tertiary alicyclic amines) is 1. The van der Waals surface area contributed by atoms with E-state index < -0.39 is 0 Å². The molecular weight excluding hydrogens is 334 g/mol. The molecule has 1 fully saturated rings. The fraction of sp³-hybridized carbons (Fsp3) is 0.467. The lowest BCUT2D eigenvalue weighted by molar-refractivity contribution is 0.187. The maximum absolute atomic E-state index is 12.2. The number of thioether (sulfide) groups is 1. The van der Waals surface area contributed by atoms with Crippen LogP contribution in [0.25, 0.3) is 0 Å². The molecule has 1 N–H and O–H groups in total. The van der Waals surface area contributed by atoms with Gasteiger partial charge in [0.15, 0.2) is 0 Å². The Balaban J connectivity index is 1.41. The predicted octanol–water partition coefficient (Wildman–Crippen LogP) is 4.55. The number of nitrogens with zero attached hydrogens (tertiary/aromatic N) is 2. The van der Waals surface area contributed by atoms with E-state index in [4.69, 9.17) is 0 Å². The molecule has 2 aromatic heterocycles. The molecule has 7 heteroatoms. The number of carbonyl (C=O) groups excluding carboxylic acids is 1. The van der Waals surface area contributed by atoms with Gasteiger partial charge in [0.05, 0.1) is 5.00 Å². The van der Waals surface area contributed by atoms with Gasteiger partial charge in [-0.15, -0.1) is 22.7 Å². The Kier molecular flexibility index (Phi) is 5.38. The van der Waals surface area contributed by atoms with E-state index in [0.29, 0.717) is 5.92 Å². The quantitative estimate of drug-likeness (QED) is 0.820. The van der Waals surface area contributed by atoms with Crippen molar-refractivity contribution in [3.8, 4) is 0 Å². The Morgan fingerprint density at radius 2 is 2.27 bits per heavy atom. The zero-order chi connectivity index (χ0) is 15.4. The Morgan fingerprint density at radius 3 is 2.91 bits per heavy atom. The Bertz CT molecular complexity index is 603. The Morgan fingerprint density at radius 1 is 1.45 bits per heavy atom. The Labute approximate surface area is 142 Å². The lowest BCUT2D eigenvalue weighted by atomic mass is 9.99. The number of nitrogens with one attached hydrogen (secondary N) is 1. The average molecular weight is 354 g/mol. The van der Waals surface area contributed by atoms with E-state index in [2.05, 4.69) is 15.7 Å².